The van der Waals surface area contributed by atoms with Crippen molar-refractivity contribution in [1.82, 2.24) is 4.90 Å². The van der Waals surface area contributed by atoms with Gasteiger partial charge >= 0.3 is 0 Å². The SMILES string of the molecule is O=C(c1ccc(-c2ccc(Cl)cc2)s1)N(C1CC1)C1CCS(=O)(=O)C1. The molecule has 1 atom stereocenters. The van der Waals surface area contributed by atoms with Gasteiger partial charge in [-0.1, -0.05) is 23.7 Å². The van der Waals surface area contributed by atoms with Crippen molar-refractivity contribution in [2.45, 2.75) is 31.3 Å². The molecule has 1 saturated carbocycles. The molecule has 0 radical (unpaired) electrons. The molecular formula is C18H18ClNO3S2. The molecular weight excluding hydrogens is 378 g/mol. The Hall–Kier alpha value is -1.37. The van der Waals surface area contributed by atoms with Crippen LogP contribution in [0.3, 0.4) is 0 Å². The predicted octanol–water partition coefficient (Wildman–Crippen LogP) is 3.86. The zero-order valence-electron chi connectivity index (χ0n) is 13.5. The van der Waals surface area contributed by atoms with Gasteiger partial charge in [-0.3, -0.25) is 4.79 Å². The minimum atomic E-state index is -3.01. The summed E-state index contributed by atoms with van der Waals surface area (Å²) in [6.45, 7) is 0. The molecule has 1 aromatic heterocycles. The van der Waals surface area contributed by atoms with Gasteiger partial charge in [0, 0.05) is 22.0 Å². The van der Waals surface area contributed by atoms with Crippen molar-refractivity contribution < 1.29 is 13.2 Å². The number of carbonyl (C=O) groups excluding carboxylic acids is 1. The monoisotopic (exact) mass is 395 g/mol. The Morgan fingerprint density at radius 3 is 2.36 bits per heavy atom. The molecule has 2 fully saturated rings. The number of hydrogen-bond acceptors (Lipinski definition) is 4. The van der Waals surface area contributed by atoms with E-state index in [0.29, 0.717) is 16.3 Å². The lowest BCUT2D eigenvalue weighted by atomic mass is 10.2. The smallest absolute Gasteiger partial charge is 0.264 e. The second kappa shape index (κ2) is 6.41. The van der Waals surface area contributed by atoms with Crippen LogP contribution in [0.4, 0.5) is 0 Å². The van der Waals surface area contributed by atoms with Gasteiger partial charge in [0.1, 0.15) is 0 Å². The van der Waals surface area contributed by atoms with Crippen molar-refractivity contribution in [3.63, 3.8) is 0 Å². The van der Waals surface area contributed by atoms with Gasteiger partial charge < -0.3 is 4.90 Å². The van der Waals surface area contributed by atoms with Crippen LogP contribution in [0, 0.1) is 0 Å². The normalized spacial score (nSPS) is 22.0. The van der Waals surface area contributed by atoms with Gasteiger partial charge in [-0.15, -0.1) is 11.3 Å². The molecule has 1 aliphatic carbocycles. The van der Waals surface area contributed by atoms with E-state index in [1.165, 1.54) is 11.3 Å². The van der Waals surface area contributed by atoms with Crippen molar-refractivity contribution in [1.29, 1.82) is 0 Å². The van der Waals surface area contributed by atoms with Gasteiger partial charge in [-0.25, -0.2) is 8.42 Å². The molecule has 1 unspecified atom stereocenters. The predicted molar refractivity (Wildman–Crippen MR) is 101 cm³/mol. The second-order valence-corrected chi connectivity index (χ2v) is 10.4. The van der Waals surface area contributed by atoms with Gasteiger partial charge in [-0.2, -0.15) is 0 Å². The van der Waals surface area contributed by atoms with Crippen LogP contribution < -0.4 is 0 Å². The van der Waals surface area contributed by atoms with Crippen molar-refractivity contribution in [3.05, 3.63) is 46.3 Å². The Morgan fingerprint density at radius 1 is 1.04 bits per heavy atom. The molecule has 4 nitrogen and oxygen atoms in total. The maximum absolute atomic E-state index is 13.0. The van der Waals surface area contributed by atoms with E-state index < -0.39 is 9.84 Å². The van der Waals surface area contributed by atoms with E-state index in [1.54, 1.807) is 0 Å². The van der Waals surface area contributed by atoms with Crippen LogP contribution in [0.25, 0.3) is 10.4 Å². The maximum Gasteiger partial charge on any atom is 0.264 e. The first kappa shape index (κ1) is 17.1. The fourth-order valence-corrected chi connectivity index (χ4v) is 6.12. The second-order valence-electron chi connectivity index (χ2n) is 6.67. The average molecular weight is 396 g/mol. The molecule has 2 aromatic rings. The zero-order valence-corrected chi connectivity index (χ0v) is 15.9. The van der Waals surface area contributed by atoms with Gasteiger partial charge in [0.2, 0.25) is 0 Å². The van der Waals surface area contributed by atoms with E-state index in [1.807, 2.05) is 41.3 Å². The molecule has 7 heteroatoms. The minimum absolute atomic E-state index is 0.0326. The van der Waals surface area contributed by atoms with Crippen LogP contribution in [-0.2, 0) is 9.84 Å². The van der Waals surface area contributed by atoms with Crippen LogP contribution >= 0.6 is 22.9 Å². The van der Waals surface area contributed by atoms with Crippen molar-refractivity contribution in [2.24, 2.45) is 0 Å². The zero-order chi connectivity index (χ0) is 17.6. The summed E-state index contributed by atoms with van der Waals surface area (Å²) in [5.74, 6) is 0.258. The van der Waals surface area contributed by atoms with Crippen LogP contribution in [0.5, 0.6) is 0 Å². The quantitative estimate of drug-likeness (QED) is 0.789. The topological polar surface area (TPSA) is 54.5 Å². The molecule has 1 saturated heterocycles. The molecule has 2 aliphatic rings. The lowest BCUT2D eigenvalue weighted by Crippen LogP contribution is -2.42. The number of benzene rings is 1. The van der Waals surface area contributed by atoms with E-state index >= 15 is 0 Å². The summed E-state index contributed by atoms with van der Waals surface area (Å²) in [6, 6.07) is 11.3. The molecule has 1 aliphatic heterocycles. The lowest BCUT2D eigenvalue weighted by molar-refractivity contribution is 0.0686. The maximum atomic E-state index is 13.0. The lowest BCUT2D eigenvalue weighted by Gasteiger charge is -2.27. The van der Waals surface area contributed by atoms with Gasteiger partial charge in [0.25, 0.3) is 5.91 Å². The van der Waals surface area contributed by atoms with Crippen molar-refractivity contribution >= 4 is 38.7 Å². The molecule has 0 bridgehead atoms. The summed E-state index contributed by atoms with van der Waals surface area (Å²) in [4.78, 5) is 16.6. The number of thiophene rings is 1. The van der Waals surface area contributed by atoms with Gasteiger partial charge in [-0.05, 0) is 49.1 Å². The first-order valence-corrected chi connectivity index (χ1v) is 11.3. The summed E-state index contributed by atoms with van der Waals surface area (Å²) >= 11 is 7.38. The highest BCUT2D eigenvalue weighted by molar-refractivity contribution is 7.91. The number of amides is 1. The molecule has 0 spiro atoms. The standard InChI is InChI=1S/C18H18ClNO3S2/c19-13-3-1-12(2-4-13)16-7-8-17(24-16)18(21)20(14-5-6-14)15-9-10-25(22,23)11-15/h1-4,7-8,14-15H,5-6,9-11H2. The largest absolute Gasteiger partial charge is 0.331 e. The van der Waals surface area contributed by atoms with E-state index in [-0.39, 0.29) is 29.5 Å². The van der Waals surface area contributed by atoms with Gasteiger partial charge in [0.05, 0.1) is 16.4 Å². The fraction of sp³-hybridized carbons (Fsp3) is 0.389. The van der Waals surface area contributed by atoms with Crippen LogP contribution in [0.1, 0.15) is 28.9 Å². The van der Waals surface area contributed by atoms with Crippen LogP contribution in [0.15, 0.2) is 36.4 Å². The highest BCUT2D eigenvalue weighted by Crippen LogP contribution is 2.36. The number of hydrogen-bond donors (Lipinski definition) is 0. The third-order valence-electron chi connectivity index (χ3n) is 4.72. The van der Waals surface area contributed by atoms with Crippen molar-refractivity contribution in [3.8, 4) is 10.4 Å². The first-order chi connectivity index (χ1) is 11.9. The number of carbonyl (C=O) groups is 1. The summed E-state index contributed by atoms with van der Waals surface area (Å²) in [7, 11) is -3.01. The minimum Gasteiger partial charge on any atom is -0.331 e. The van der Waals surface area contributed by atoms with Gasteiger partial charge in [0.15, 0.2) is 9.84 Å². The molecule has 1 amide bonds. The first-order valence-electron chi connectivity index (χ1n) is 8.32. The number of rotatable bonds is 4. The van der Waals surface area contributed by atoms with E-state index in [9.17, 15) is 13.2 Å². The molecule has 25 heavy (non-hydrogen) atoms. The van der Waals surface area contributed by atoms with E-state index in [4.69, 9.17) is 11.6 Å². The van der Waals surface area contributed by atoms with Crippen LogP contribution in [-0.4, -0.2) is 42.8 Å². The number of sulfone groups is 1. The Balaban J connectivity index is 1.58. The molecule has 0 N–H and O–H groups in total. The Labute approximate surface area is 156 Å². The number of halogens is 1. The van der Waals surface area contributed by atoms with Crippen molar-refractivity contribution in [2.75, 3.05) is 11.5 Å². The molecule has 132 valence electrons. The van der Waals surface area contributed by atoms with E-state index in [0.717, 1.165) is 23.3 Å². The Kier molecular flexibility index (Phi) is 4.38. The van der Waals surface area contributed by atoms with E-state index in [2.05, 4.69) is 0 Å². The summed E-state index contributed by atoms with van der Waals surface area (Å²) in [5, 5.41) is 0.680. The summed E-state index contributed by atoms with van der Waals surface area (Å²) in [5.41, 5.74) is 1.02. The van der Waals surface area contributed by atoms with Crippen LogP contribution in [0.2, 0.25) is 5.02 Å². The third kappa shape index (κ3) is 3.61. The molecule has 2 heterocycles. The summed E-state index contributed by atoms with van der Waals surface area (Å²) in [6.07, 6.45) is 2.50. The summed E-state index contributed by atoms with van der Waals surface area (Å²) < 4.78 is 23.6. The molecule has 1 aromatic carbocycles. The third-order valence-corrected chi connectivity index (χ3v) is 7.85. The number of nitrogens with zero attached hydrogens (tertiary/aromatic N) is 1. The Morgan fingerprint density at radius 2 is 1.76 bits per heavy atom. The fourth-order valence-electron chi connectivity index (χ4n) is 3.33. The molecule has 4 rings (SSSR count). The highest BCUT2D eigenvalue weighted by atomic mass is 35.5. The Bertz CT molecular complexity index is 901. The highest BCUT2D eigenvalue weighted by Gasteiger charge is 2.42. The average Bonchev–Trinajstić information content (AvgIpc) is 3.15.